The van der Waals surface area contributed by atoms with Gasteiger partial charge in [-0.2, -0.15) is 0 Å². The minimum absolute atomic E-state index is 0.200. The Labute approximate surface area is 120 Å². The highest BCUT2D eigenvalue weighted by Gasteiger charge is 2.21. The van der Waals surface area contributed by atoms with E-state index in [0.29, 0.717) is 24.1 Å². The number of amides is 1. The average molecular weight is 279 g/mol. The van der Waals surface area contributed by atoms with Gasteiger partial charge in [0, 0.05) is 30.4 Å². The molecule has 0 bridgehead atoms. The molecule has 0 saturated heterocycles. The van der Waals surface area contributed by atoms with Crippen molar-refractivity contribution in [2.75, 3.05) is 20.6 Å². The van der Waals surface area contributed by atoms with Crippen molar-refractivity contribution in [2.45, 2.75) is 32.7 Å². The normalized spacial score (nSPS) is 12.7. The molecule has 0 aliphatic carbocycles. The highest BCUT2D eigenvalue weighted by atomic mass is 16.2. The quantitative estimate of drug-likeness (QED) is 0.794. The average Bonchev–Trinajstić information content (AvgIpc) is 2.42. The second-order valence-corrected chi connectivity index (χ2v) is 5.26. The molecule has 1 atom stereocenters. The number of carbonyl (C=O) groups is 1. The van der Waals surface area contributed by atoms with Crippen molar-refractivity contribution in [1.29, 1.82) is 0 Å². The SMILES string of the molecule is CCC(CC)C(CNC(=O)c1cc[nH]c(=O)c1)N(C)C. The largest absolute Gasteiger partial charge is 0.350 e. The third kappa shape index (κ3) is 4.49. The maximum Gasteiger partial charge on any atom is 0.251 e. The van der Waals surface area contributed by atoms with Crippen molar-refractivity contribution in [1.82, 2.24) is 15.2 Å². The Bertz CT molecular complexity index is 478. The number of pyridine rings is 1. The fourth-order valence-corrected chi connectivity index (χ4v) is 2.49. The molecule has 1 unspecified atom stereocenters. The number of hydrogen-bond acceptors (Lipinski definition) is 3. The molecule has 0 aliphatic rings. The fourth-order valence-electron chi connectivity index (χ4n) is 2.49. The summed E-state index contributed by atoms with van der Waals surface area (Å²) in [6.07, 6.45) is 3.65. The molecule has 0 radical (unpaired) electrons. The Kier molecular flexibility index (Phi) is 6.45. The highest BCUT2D eigenvalue weighted by molar-refractivity contribution is 5.93. The highest BCUT2D eigenvalue weighted by Crippen LogP contribution is 2.16. The number of likely N-dealkylation sites (N-methyl/N-ethyl adjacent to an activating group) is 1. The van der Waals surface area contributed by atoms with Gasteiger partial charge in [-0.25, -0.2) is 0 Å². The van der Waals surface area contributed by atoms with E-state index < -0.39 is 0 Å². The Hall–Kier alpha value is -1.62. The first-order valence-electron chi connectivity index (χ1n) is 7.12. The van der Waals surface area contributed by atoms with Gasteiger partial charge >= 0.3 is 0 Å². The van der Waals surface area contributed by atoms with Crippen molar-refractivity contribution in [3.8, 4) is 0 Å². The van der Waals surface area contributed by atoms with Crippen LogP contribution in [0.15, 0.2) is 23.1 Å². The van der Waals surface area contributed by atoms with Gasteiger partial charge < -0.3 is 15.2 Å². The number of aromatic amines is 1. The number of nitrogens with zero attached hydrogens (tertiary/aromatic N) is 1. The number of rotatable bonds is 7. The summed E-state index contributed by atoms with van der Waals surface area (Å²) in [6, 6.07) is 3.23. The van der Waals surface area contributed by atoms with E-state index in [2.05, 4.69) is 29.0 Å². The molecule has 20 heavy (non-hydrogen) atoms. The maximum absolute atomic E-state index is 12.0. The standard InChI is InChI=1S/C15H25N3O2/c1-5-11(6-2)13(18(3)4)10-17-15(20)12-7-8-16-14(19)9-12/h7-9,11,13H,5-6,10H2,1-4H3,(H,16,19)(H,17,20). The molecular weight excluding hydrogens is 254 g/mol. The van der Waals surface area contributed by atoms with Gasteiger partial charge in [0.25, 0.3) is 5.91 Å². The van der Waals surface area contributed by atoms with E-state index in [1.165, 1.54) is 12.3 Å². The van der Waals surface area contributed by atoms with E-state index in [0.717, 1.165) is 12.8 Å². The van der Waals surface area contributed by atoms with E-state index in [4.69, 9.17) is 0 Å². The van der Waals surface area contributed by atoms with Crippen LogP contribution < -0.4 is 10.9 Å². The van der Waals surface area contributed by atoms with Gasteiger partial charge in [-0.1, -0.05) is 26.7 Å². The van der Waals surface area contributed by atoms with E-state index in [-0.39, 0.29) is 11.5 Å². The lowest BCUT2D eigenvalue weighted by Crippen LogP contribution is -2.44. The van der Waals surface area contributed by atoms with Crippen molar-refractivity contribution < 1.29 is 4.79 Å². The predicted octanol–water partition coefficient (Wildman–Crippen LogP) is 1.47. The second kappa shape index (κ2) is 7.85. The molecule has 5 heteroatoms. The lowest BCUT2D eigenvalue weighted by atomic mass is 9.93. The molecule has 1 heterocycles. The lowest BCUT2D eigenvalue weighted by Gasteiger charge is -2.31. The zero-order valence-corrected chi connectivity index (χ0v) is 12.8. The molecular formula is C15H25N3O2. The topological polar surface area (TPSA) is 65.2 Å². The Balaban J connectivity index is 2.68. The van der Waals surface area contributed by atoms with Crippen molar-refractivity contribution in [3.63, 3.8) is 0 Å². The van der Waals surface area contributed by atoms with Crippen LogP contribution in [0.25, 0.3) is 0 Å². The lowest BCUT2D eigenvalue weighted by molar-refractivity contribution is 0.0928. The van der Waals surface area contributed by atoms with Crippen molar-refractivity contribution in [3.05, 3.63) is 34.2 Å². The zero-order chi connectivity index (χ0) is 15.1. The van der Waals surface area contributed by atoms with Crippen LogP contribution in [-0.2, 0) is 0 Å². The Morgan fingerprint density at radius 3 is 2.50 bits per heavy atom. The number of carbonyl (C=O) groups excluding carboxylic acids is 1. The summed E-state index contributed by atoms with van der Waals surface area (Å²) in [6.45, 7) is 4.93. The van der Waals surface area contributed by atoms with Crippen LogP contribution in [0.3, 0.4) is 0 Å². The predicted molar refractivity (Wildman–Crippen MR) is 80.9 cm³/mol. The molecule has 5 nitrogen and oxygen atoms in total. The van der Waals surface area contributed by atoms with Crippen molar-refractivity contribution in [2.24, 2.45) is 5.92 Å². The van der Waals surface area contributed by atoms with Crippen LogP contribution in [0.1, 0.15) is 37.0 Å². The second-order valence-electron chi connectivity index (χ2n) is 5.26. The van der Waals surface area contributed by atoms with Crippen LogP contribution in [0.5, 0.6) is 0 Å². The summed E-state index contributed by atoms with van der Waals surface area (Å²) in [5.74, 6) is 0.346. The minimum Gasteiger partial charge on any atom is -0.350 e. The summed E-state index contributed by atoms with van der Waals surface area (Å²) in [4.78, 5) is 27.9. The zero-order valence-electron chi connectivity index (χ0n) is 12.8. The van der Waals surface area contributed by atoms with Crippen molar-refractivity contribution >= 4 is 5.91 Å². The molecule has 112 valence electrons. The van der Waals surface area contributed by atoms with Gasteiger partial charge in [0.05, 0.1) is 0 Å². The number of aromatic nitrogens is 1. The molecule has 2 N–H and O–H groups in total. The summed E-state index contributed by atoms with van der Waals surface area (Å²) < 4.78 is 0. The van der Waals surface area contributed by atoms with Crippen LogP contribution >= 0.6 is 0 Å². The molecule has 0 saturated carbocycles. The molecule has 1 aromatic heterocycles. The van der Waals surface area contributed by atoms with Crippen LogP contribution in [0, 0.1) is 5.92 Å². The van der Waals surface area contributed by atoms with Crippen LogP contribution in [-0.4, -0.2) is 42.5 Å². The smallest absolute Gasteiger partial charge is 0.251 e. The van der Waals surface area contributed by atoms with E-state index >= 15 is 0 Å². The summed E-state index contributed by atoms with van der Waals surface area (Å²) in [5, 5.41) is 2.92. The summed E-state index contributed by atoms with van der Waals surface area (Å²) in [7, 11) is 4.06. The molecule has 0 fully saturated rings. The van der Waals surface area contributed by atoms with Crippen LogP contribution in [0.4, 0.5) is 0 Å². The molecule has 1 rings (SSSR count). The monoisotopic (exact) mass is 279 g/mol. The summed E-state index contributed by atoms with van der Waals surface area (Å²) >= 11 is 0. The minimum atomic E-state index is -0.262. The first-order valence-corrected chi connectivity index (χ1v) is 7.12. The van der Waals surface area contributed by atoms with Gasteiger partial charge in [-0.15, -0.1) is 0 Å². The maximum atomic E-state index is 12.0. The fraction of sp³-hybridized carbons (Fsp3) is 0.600. The first-order chi connectivity index (χ1) is 9.49. The van der Waals surface area contributed by atoms with Gasteiger partial charge in [0.2, 0.25) is 5.56 Å². The molecule has 0 aromatic carbocycles. The molecule has 0 spiro atoms. The molecule has 0 aliphatic heterocycles. The summed E-state index contributed by atoms with van der Waals surface area (Å²) in [5.41, 5.74) is 0.137. The Morgan fingerprint density at radius 2 is 2.00 bits per heavy atom. The van der Waals surface area contributed by atoms with E-state index in [9.17, 15) is 9.59 Å². The van der Waals surface area contributed by atoms with Crippen LogP contribution in [0.2, 0.25) is 0 Å². The first kappa shape index (κ1) is 16.4. The van der Waals surface area contributed by atoms with E-state index in [1.807, 2.05) is 14.1 Å². The van der Waals surface area contributed by atoms with E-state index in [1.54, 1.807) is 6.07 Å². The Morgan fingerprint density at radius 1 is 1.35 bits per heavy atom. The van der Waals surface area contributed by atoms with Gasteiger partial charge in [-0.05, 0) is 26.1 Å². The third-order valence-corrected chi connectivity index (χ3v) is 3.77. The number of nitrogens with one attached hydrogen (secondary N) is 2. The van der Waals surface area contributed by atoms with Gasteiger partial charge in [0.1, 0.15) is 0 Å². The van der Waals surface area contributed by atoms with Gasteiger partial charge in [0.15, 0.2) is 0 Å². The molecule has 1 amide bonds. The van der Waals surface area contributed by atoms with Gasteiger partial charge in [-0.3, -0.25) is 9.59 Å². The molecule has 1 aromatic rings. The third-order valence-electron chi connectivity index (χ3n) is 3.77. The number of H-pyrrole nitrogens is 1. The number of hydrogen-bond donors (Lipinski definition) is 2.